The number of carbonyl (C=O) groups excluding carboxylic acids is 2. The number of aromatic amines is 1. The monoisotopic (exact) mass is 478 g/mol. The van der Waals surface area contributed by atoms with Crippen LogP contribution in [0.25, 0.3) is 11.0 Å². The normalized spacial score (nSPS) is 12.4. The molecule has 3 rings (SSSR count). The SMILES string of the molecule is CC(C)Cc1cccc2[nH]c(Cn3cccc(NC(=O)C(N)CC/C=C/C(=O)N(C)C)c3=O)nc12. The number of benzene rings is 1. The Hall–Kier alpha value is -3.72. The maximum absolute atomic E-state index is 13.0. The van der Waals surface area contributed by atoms with Gasteiger partial charge < -0.3 is 25.5 Å². The van der Waals surface area contributed by atoms with Crippen LogP contribution in [-0.2, 0) is 22.6 Å². The van der Waals surface area contributed by atoms with E-state index in [0.29, 0.717) is 24.6 Å². The Bertz CT molecular complexity index is 1270. The highest BCUT2D eigenvalue weighted by molar-refractivity contribution is 5.94. The summed E-state index contributed by atoms with van der Waals surface area (Å²) < 4.78 is 1.50. The molecule has 2 heterocycles. The number of carbonyl (C=O) groups is 2. The second kappa shape index (κ2) is 11.6. The molecule has 35 heavy (non-hydrogen) atoms. The lowest BCUT2D eigenvalue weighted by Crippen LogP contribution is -2.37. The molecule has 0 aliphatic carbocycles. The Morgan fingerprint density at radius 1 is 1.23 bits per heavy atom. The van der Waals surface area contributed by atoms with Crippen LogP contribution >= 0.6 is 0 Å². The summed E-state index contributed by atoms with van der Waals surface area (Å²) >= 11 is 0. The number of nitrogens with two attached hydrogens (primary N) is 1. The number of nitrogens with one attached hydrogen (secondary N) is 2. The first kappa shape index (κ1) is 25.9. The van der Waals surface area contributed by atoms with Gasteiger partial charge in [0.25, 0.3) is 5.56 Å². The number of allylic oxidation sites excluding steroid dienone is 1. The molecule has 0 aliphatic rings. The van der Waals surface area contributed by atoms with E-state index in [0.717, 1.165) is 17.5 Å². The summed E-state index contributed by atoms with van der Waals surface area (Å²) in [5.74, 6) is 0.590. The first-order valence-electron chi connectivity index (χ1n) is 11.8. The zero-order valence-corrected chi connectivity index (χ0v) is 20.7. The standard InChI is InChI=1S/C26H34N6O3/c1-17(2)15-18-9-7-11-20-24(18)30-22(28-20)16-32-14-8-12-21(26(32)35)29-25(34)19(27)10-5-6-13-23(33)31(3)4/h6-9,11-14,17,19H,5,10,15-16,27H2,1-4H3,(H,28,30)(H,29,34)/b13-6+. The highest BCUT2D eigenvalue weighted by Crippen LogP contribution is 2.20. The van der Waals surface area contributed by atoms with E-state index < -0.39 is 11.9 Å². The number of imidazole rings is 1. The Labute approximate surface area is 205 Å². The quantitative estimate of drug-likeness (QED) is 0.386. The van der Waals surface area contributed by atoms with Gasteiger partial charge >= 0.3 is 0 Å². The molecule has 0 spiro atoms. The summed E-state index contributed by atoms with van der Waals surface area (Å²) in [6.45, 7) is 4.58. The topological polar surface area (TPSA) is 126 Å². The number of anilines is 1. The Balaban J connectivity index is 1.67. The van der Waals surface area contributed by atoms with E-state index in [1.807, 2.05) is 12.1 Å². The van der Waals surface area contributed by atoms with Crippen molar-refractivity contribution in [3.05, 3.63) is 70.4 Å². The molecule has 1 unspecified atom stereocenters. The van der Waals surface area contributed by atoms with Gasteiger partial charge in [0.1, 0.15) is 11.5 Å². The molecule has 0 saturated carbocycles. The minimum Gasteiger partial charge on any atom is -0.345 e. The molecular formula is C26H34N6O3. The van der Waals surface area contributed by atoms with Gasteiger partial charge in [-0.1, -0.05) is 32.1 Å². The third-order valence-corrected chi connectivity index (χ3v) is 5.55. The first-order chi connectivity index (χ1) is 16.7. The van der Waals surface area contributed by atoms with Crippen LogP contribution in [0, 0.1) is 5.92 Å². The minimum atomic E-state index is -0.808. The first-order valence-corrected chi connectivity index (χ1v) is 11.8. The summed E-state index contributed by atoms with van der Waals surface area (Å²) in [6.07, 6.45) is 6.53. The van der Waals surface area contributed by atoms with Gasteiger partial charge in [0, 0.05) is 20.3 Å². The van der Waals surface area contributed by atoms with Gasteiger partial charge in [0.2, 0.25) is 11.8 Å². The molecule has 0 radical (unpaired) electrons. The van der Waals surface area contributed by atoms with Crippen molar-refractivity contribution in [3.8, 4) is 0 Å². The number of hydrogen-bond acceptors (Lipinski definition) is 5. The van der Waals surface area contributed by atoms with E-state index in [1.54, 1.807) is 38.5 Å². The fourth-order valence-electron chi connectivity index (χ4n) is 3.71. The number of H-pyrrole nitrogens is 1. The van der Waals surface area contributed by atoms with Crippen molar-refractivity contribution in [1.29, 1.82) is 0 Å². The molecular weight excluding hydrogens is 444 g/mol. The maximum atomic E-state index is 13.0. The van der Waals surface area contributed by atoms with Gasteiger partial charge in [0.05, 0.1) is 23.6 Å². The predicted octanol–water partition coefficient (Wildman–Crippen LogP) is 2.66. The average molecular weight is 479 g/mol. The molecule has 2 aromatic heterocycles. The van der Waals surface area contributed by atoms with Crippen LogP contribution in [-0.4, -0.2) is 51.4 Å². The largest absolute Gasteiger partial charge is 0.345 e. The molecule has 0 fully saturated rings. The lowest BCUT2D eigenvalue weighted by atomic mass is 10.0. The van der Waals surface area contributed by atoms with Crippen LogP contribution in [0.4, 0.5) is 5.69 Å². The van der Waals surface area contributed by atoms with E-state index in [4.69, 9.17) is 10.7 Å². The average Bonchev–Trinajstić information content (AvgIpc) is 3.22. The summed E-state index contributed by atoms with van der Waals surface area (Å²) in [5, 5.41) is 2.63. The summed E-state index contributed by atoms with van der Waals surface area (Å²) in [4.78, 5) is 46.5. The van der Waals surface area contributed by atoms with Crippen LogP contribution in [0.5, 0.6) is 0 Å². The van der Waals surface area contributed by atoms with Crippen LogP contribution < -0.4 is 16.6 Å². The molecule has 0 aliphatic heterocycles. The Kier molecular flexibility index (Phi) is 8.59. The summed E-state index contributed by atoms with van der Waals surface area (Å²) in [6, 6.07) is 8.50. The van der Waals surface area contributed by atoms with Crippen molar-refractivity contribution in [3.63, 3.8) is 0 Å². The summed E-state index contributed by atoms with van der Waals surface area (Å²) in [5.41, 5.74) is 8.82. The molecule has 9 heteroatoms. The van der Waals surface area contributed by atoms with Crippen molar-refractivity contribution >= 4 is 28.5 Å². The van der Waals surface area contributed by atoms with Gasteiger partial charge in [-0.05, 0) is 55.0 Å². The van der Waals surface area contributed by atoms with Gasteiger partial charge in [-0.2, -0.15) is 0 Å². The van der Waals surface area contributed by atoms with Crippen molar-refractivity contribution in [2.75, 3.05) is 19.4 Å². The highest BCUT2D eigenvalue weighted by Gasteiger charge is 2.16. The van der Waals surface area contributed by atoms with Crippen molar-refractivity contribution < 1.29 is 9.59 Å². The predicted molar refractivity (Wildman–Crippen MR) is 138 cm³/mol. The molecule has 9 nitrogen and oxygen atoms in total. The van der Waals surface area contributed by atoms with Crippen LogP contribution in [0.15, 0.2) is 53.5 Å². The number of fused-ring (bicyclic) bond motifs is 1. The molecule has 0 bridgehead atoms. The fraction of sp³-hybridized carbons (Fsp3) is 0.385. The molecule has 1 aromatic carbocycles. The Morgan fingerprint density at radius 2 is 2.00 bits per heavy atom. The van der Waals surface area contributed by atoms with Crippen LogP contribution in [0.2, 0.25) is 0 Å². The zero-order valence-electron chi connectivity index (χ0n) is 20.7. The van der Waals surface area contributed by atoms with E-state index in [1.165, 1.54) is 21.1 Å². The number of hydrogen-bond donors (Lipinski definition) is 3. The third kappa shape index (κ3) is 6.89. The molecule has 2 amide bonds. The second-order valence-corrected chi connectivity index (χ2v) is 9.26. The number of likely N-dealkylation sites (N-methyl/N-ethyl adjacent to an activating group) is 1. The van der Waals surface area contributed by atoms with Gasteiger partial charge in [-0.25, -0.2) is 4.98 Å². The number of para-hydroxylation sites is 1. The lowest BCUT2D eigenvalue weighted by Gasteiger charge is -2.12. The van der Waals surface area contributed by atoms with Gasteiger partial charge in [-0.15, -0.1) is 0 Å². The van der Waals surface area contributed by atoms with Crippen molar-refractivity contribution in [1.82, 2.24) is 19.4 Å². The molecule has 1 atom stereocenters. The molecule has 186 valence electrons. The lowest BCUT2D eigenvalue weighted by molar-refractivity contribution is -0.123. The molecule has 3 aromatic rings. The highest BCUT2D eigenvalue weighted by atomic mass is 16.2. The van der Waals surface area contributed by atoms with E-state index in [2.05, 4.69) is 30.2 Å². The van der Waals surface area contributed by atoms with Gasteiger partial charge in [-0.3, -0.25) is 14.4 Å². The van der Waals surface area contributed by atoms with Crippen molar-refractivity contribution in [2.24, 2.45) is 11.7 Å². The van der Waals surface area contributed by atoms with Gasteiger partial charge in [0.15, 0.2) is 0 Å². The smallest absolute Gasteiger partial charge is 0.274 e. The van der Waals surface area contributed by atoms with Crippen molar-refractivity contribution in [2.45, 2.75) is 45.7 Å². The summed E-state index contributed by atoms with van der Waals surface area (Å²) in [7, 11) is 3.33. The number of amides is 2. The number of rotatable bonds is 10. The van der Waals surface area contributed by atoms with E-state index in [9.17, 15) is 14.4 Å². The minimum absolute atomic E-state index is 0.131. The third-order valence-electron chi connectivity index (χ3n) is 5.55. The zero-order chi connectivity index (χ0) is 25.5. The molecule has 4 N–H and O–H groups in total. The second-order valence-electron chi connectivity index (χ2n) is 9.26. The van der Waals surface area contributed by atoms with Crippen LogP contribution in [0.1, 0.15) is 38.1 Å². The van der Waals surface area contributed by atoms with E-state index >= 15 is 0 Å². The number of pyridine rings is 1. The Morgan fingerprint density at radius 3 is 2.71 bits per heavy atom. The maximum Gasteiger partial charge on any atom is 0.274 e. The van der Waals surface area contributed by atoms with E-state index in [-0.39, 0.29) is 23.7 Å². The molecule has 0 saturated heterocycles. The number of aromatic nitrogens is 3. The van der Waals surface area contributed by atoms with Crippen LogP contribution in [0.3, 0.4) is 0 Å². The number of nitrogens with zero attached hydrogens (tertiary/aromatic N) is 3. The fourth-order valence-corrected chi connectivity index (χ4v) is 3.71.